The van der Waals surface area contributed by atoms with E-state index in [2.05, 4.69) is 19.2 Å². The molecule has 1 aliphatic heterocycles. The quantitative estimate of drug-likeness (QED) is 0.674. The smallest absolute Gasteiger partial charge is 0.253 e. The fraction of sp³-hybridized carbons (Fsp3) is 0.440. The maximum atomic E-state index is 13.3. The molecule has 2 amide bonds. The van der Waals surface area contributed by atoms with Crippen LogP contribution in [0, 0.1) is 17.7 Å². The Labute approximate surface area is 188 Å². The van der Waals surface area contributed by atoms with E-state index in [1.54, 1.807) is 25.2 Å². The van der Waals surface area contributed by atoms with Crippen molar-refractivity contribution < 1.29 is 23.5 Å². The molecule has 1 saturated heterocycles. The van der Waals surface area contributed by atoms with Crippen LogP contribution >= 0.6 is 0 Å². The number of rotatable bonds is 8. The molecule has 0 aliphatic carbocycles. The molecule has 32 heavy (non-hydrogen) atoms. The van der Waals surface area contributed by atoms with Gasteiger partial charge in [0.2, 0.25) is 5.91 Å². The van der Waals surface area contributed by atoms with E-state index in [1.165, 1.54) is 24.3 Å². The van der Waals surface area contributed by atoms with Crippen LogP contribution in [0.3, 0.4) is 0 Å². The lowest BCUT2D eigenvalue weighted by atomic mass is 9.87. The topological polar surface area (TPSA) is 67.9 Å². The average Bonchev–Trinajstić information content (AvgIpc) is 3.23. The van der Waals surface area contributed by atoms with Crippen LogP contribution < -0.4 is 14.8 Å². The van der Waals surface area contributed by atoms with E-state index in [9.17, 15) is 14.0 Å². The molecule has 7 heteroatoms. The number of halogens is 1. The van der Waals surface area contributed by atoms with Gasteiger partial charge >= 0.3 is 0 Å². The van der Waals surface area contributed by atoms with E-state index in [0.29, 0.717) is 36.1 Å². The molecule has 172 valence electrons. The molecular formula is C25H31FN2O4. The molecule has 0 unspecified atom stereocenters. The van der Waals surface area contributed by atoms with Gasteiger partial charge in [0.15, 0.2) is 0 Å². The Kier molecular flexibility index (Phi) is 7.72. The molecule has 2 aromatic rings. The number of benzene rings is 2. The highest BCUT2D eigenvalue weighted by atomic mass is 19.1. The van der Waals surface area contributed by atoms with Gasteiger partial charge in [-0.25, -0.2) is 4.39 Å². The van der Waals surface area contributed by atoms with Crippen LogP contribution in [0.2, 0.25) is 0 Å². The maximum Gasteiger partial charge on any atom is 0.253 e. The zero-order valence-electron chi connectivity index (χ0n) is 19.1. The zero-order valence-corrected chi connectivity index (χ0v) is 19.1. The van der Waals surface area contributed by atoms with Gasteiger partial charge in [0, 0.05) is 42.7 Å². The molecule has 0 saturated carbocycles. The predicted molar refractivity (Wildman–Crippen MR) is 121 cm³/mol. The number of amides is 2. The number of carbonyl (C=O) groups excluding carboxylic acids is 2. The van der Waals surface area contributed by atoms with Gasteiger partial charge in [0.1, 0.15) is 17.3 Å². The monoisotopic (exact) mass is 442 g/mol. The van der Waals surface area contributed by atoms with Crippen molar-refractivity contribution >= 4 is 11.8 Å². The molecule has 2 aromatic carbocycles. The fourth-order valence-electron chi connectivity index (χ4n) is 4.07. The molecule has 1 aliphatic rings. The van der Waals surface area contributed by atoms with Crippen LogP contribution in [0.15, 0.2) is 42.5 Å². The Hall–Kier alpha value is -3.09. The average molecular weight is 443 g/mol. The van der Waals surface area contributed by atoms with Gasteiger partial charge in [-0.1, -0.05) is 19.9 Å². The van der Waals surface area contributed by atoms with E-state index in [4.69, 9.17) is 9.47 Å². The summed E-state index contributed by atoms with van der Waals surface area (Å²) in [6.45, 7) is 5.45. The van der Waals surface area contributed by atoms with Crippen molar-refractivity contribution in [3.63, 3.8) is 0 Å². The summed E-state index contributed by atoms with van der Waals surface area (Å²) in [5.74, 6) is 0.390. The van der Waals surface area contributed by atoms with Crippen LogP contribution in [-0.4, -0.2) is 50.6 Å². The Morgan fingerprint density at radius 1 is 1.09 bits per heavy atom. The standard InChI is InChI=1S/C25H31FN2O4/c1-16(2)11-12-27-24(29)22-15-28(25(30)17-5-7-18(26)8-6-17)14-21(22)20-10-9-19(31-3)13-23(20)32-4/h5-10,13,16,21-22H,11-12,14-15H2,1-4H3,(H,27,29)/t21-,22-/m1/s1. The van der Waals surface area contributed by atoms with Crippen molar-refractivity contribution in [2.24, 2.45) is 11.8 Å². The summed E-state index contributed by atoms with van der Waals surface area (Å²) in [7, 11) is 3.16. The Morgan fingerprint density at radius 3 is 2.44 bits per heavy atom. The third-order valence-corrected chi connectivity index (χ3v) is 5.90. The molecule has 3 rings (SSSR count). The van der Waals surface area contributed by atoms with Gasteiger partial charge < -0.3 is 19.7 Å². The number of ether oxygens (including phenoxy) is 2. The Balaban J connectivity index is 1.88. The van der Waals surface area contributed by atoms with Crippen LogP contribution in [0.4, 0.5) is 4.39 Å². The van der Waals surface area contributed by atoms with E-state index < -0.39 is 11.7 Å². The second-order valence-corrected chi connectivity index (χ2v) is 8.51. The van der Waals surface area contributed by atoms with Crippen LogP contribution in [0.1, 0.15) is 42.1 Å². The van der Waals surface area contributed by atoms with Gasteiger partial charge in [-0.05, 0) is 42.7 Å². The summed E-state index contributed by atoms with van der Waals surface area (Å²) in [4.78, 5) is 27.9. The summed E-state index contributed by atoms with van der Waals surface area (Å²) >= 11 is 0. The second kappa shape index (κ2) is 10.5. The largest absolute Gasteiger partial charge is 0.497 e. The van der Waals surface area contributed by atoms with E-state index in [-0.39, 0.29) is 24.3 Å². The number of likely N-dealkylation sites (tertiary alicyclic amines) is 1. The van der Waals surface area contributed by atoms with Gasteiger partial charge in [-0.2, -0.15) is 0 Å². The Morgan fingerprint density at radius 2 is 1.81 bits per heavy atom. The van der Waals surface area contributed by atoms with Crippen LogP contribution in [-0.2, 0) is 4.79 Å². The molecular weight excluding hydrogens is 411 g/mol. The minimum absolute atomic E-state index is 0.0806. The SMILES string of the molecule is COc1ccc([C@H]2CN(C(=O)c3ccc(F)cc3)C[C@H]2C(=O)NCCC(C)C)c(OC)c1. The summed E-state index contributed by atoms with van der Waals surface area (Å²) in [5.41, 5.74) is 1.25. The van der Waals surface area contributed by atoms with E-state index >= 15 is 0 Å². The van der Waals surface area contributed by atoms with Crippen molar-refractivity contribution in [2.75, 3.05) is 33.9 Å². The third-order valence-electron chi connectivity index (χ3n) is 5.90. The van der Waals surface area contributed by atoms with E-state index in [1.807, 2.05) is 12.1 Å². The highest BCUT2D eigenvalue weighted by Crippen LogP contribution is 2.39. The molecule has 0 aromatic heterocycles. The molecule has 0 bridgehead atoms. The summed E-state index contributed by atoms with van der Waals surface area (Å²) < 4.78 is 24.2. The number of nitrogens with one attached hydrogen (secondary N) is 1. The van der Waals surface area contributed by atoms with Gasteiger partial charge in [-0.15, -0.1) is 0 Å². The second-order valence-electron chi connectivity index (χ2n) is 8.51. The fourth-order valence-corrected chi connectivity index (χ4v) is 4.07. The molecule has 1 heterocycles. The normalized spacial score (nSPS) is 18.0. The minimum Gasteiger partial charge on any atom is -0.497 e. The lowest BCUT2D eigenvalue weighted by molar-refractivity contribution is -0.124. The zero-order chi connectivity index (χ0) is 23.3. The lowest BCUT2D eigenvalue weighted by Crippen LogP contribution is -2.36. The highest BCUT2D eigenvalue weighted by Gasteiger charge is 2.41. The Bertz CT molecular complexity index is 945. The molecule has 1 fully saturated rings. The number of hydrogen-bond acceptors (Lipinski definition) is 4. The van der Waals surface area contributed by atoms with Crippen molar-refractivity contribution in [2.45, 2.75) is 26.2 Å². The number of hydrogen-bond donors (Lipinski definition) is 1. The first-order valence-corrected chi connectivity index (χ1v) is 10.9. The predicted octanol–water partition coefficient (Wildman–Crippen LogP) is 3.86. The van der Waals surface area contributed by atoms with Gasteiger partial charge in [-0.3, -0.25) is 9.59 Å². The summed E-state index contributed by atoms with van der Waals surface area (Å²) in [6, 6.07) is 11.0. The first-order chi connectivity index (χ1) is 15.3. The maximum absolute atomic E-state index is 13.3. The summed E-state index contributed by atoms with van der Waals surface area (Å²) in [5, 5.41) is 3.03. The van der Waals surface area contributed by atoms with Crippen molar-refractivity contribution in [3.05, 3.63) is 59.4 Å². The van der Waals surface area contributed by atoms with Gasteiger partial charge in [0.05, 0.1) is 20.1 Å². The van der Waals surface area contributed by atoms with E-state index in [0.717, 1.165) is 12.0 Å². The van der Waals surface area contributed by atoms with Crippen molar-refractivity contribution in [1.29, 1.82) is 0 Å². The molecule has 0 spiro atoms. The van der Waals surface area contributed by atoms with Crippen molar-refractivity contribution in [1.82, 2.24) is 10.2 Å². The van der Waals surface area contributed by atoms with Crippen LogP contribution in [0.25, 0.3) is 0 Å². The molecule has 0 radical (unpaired) electrons. The highest BCUT2D eigenvalue weighted by molar-refractivity contribution is 5.95. The van der Waals surface area contributed by atoms with Crippen LogP contribution in [0.5, 0.6) is 11.5 Å². The first-order valence-electron chi connectivity index (χ1n) is 10.9. The molecule has 2 atom stereocenters. The van der Waals surface area contributed by atoms with Gasteiger partial charge in [0.25, 0.3) is 5.91 Å². The summed E-state index contributed by atoms with van der Waals surface area (Å²) in [6.07, 6.45) is 0.882. The number of methoxy groups -OCH3 is 2. The first kappa shape index (κ1) is 23.6. The molecule has 6 nitrogen and oxygen atoms in total. The number of nitrogens with zero attached hydrogens (tertiary/aromatic N) is 1. The minimum atomic E-state index is -0.422. The number of carbonyl (C=O) groups is 2. The lowest BCUT2D eigenvalue weighted by Gasteiger charge is -2.21. The molecule has 1 N–H and O–H groups in total. The van der Waals surface area contributed by atoms with Crippen molar-refractivity contribution in [3.8, 4) is 11.5 Å². The third kappa shape index (κ3) is 5.39.